The zero-order valence-electron chi connectivity index (χ0n) is 6.70. The number of nitrogens with zero attached hydrogens (tertiary/aromatic N) is 2. The highest BCUT2D eigenvalue weighted by molar-refractivity contribution is 6.02. The number of hydrogen-bond donors (Lipinski definition) is 1. The summed E-state index contributed by atoms with van der Waals surface area (Å²) in [5.74, 6) is -0.355. The van der Waals surface area contributed by atoms with E-state index >= 15 is 0 Å². The summed E-state index contributed by atoms with van der Waals surface area (Å²) in [7, 11) is 0. The third-order valence-electron chi connectivity index (χ3n) is 1.45. The lowest BCUT2D eigenvalue weighted by Crippen LogP contribution is -2.31. The highest BCUT2D eigenvalue weighted by Gasteiger charge is 2.25. The predicted molar refractivity (Wildman–Crippen MR) is 41.2 cm³/mol. The number of ether oxygens (including phenoxy) is 1. The Hall–Kier alpha value is -1.57. The van der Waals surface area contributed by atoms with Gasteiger partial charge in [-0.15, -0.1) is 0 Å². The Bertz CT molecular complexity index is 254. The molecule has 1 heterocycles. The monoisotopic (exact) mass is 167 g/mol. The minimum atomic E-state index is -0.473. The van der Waals surface area contributed by atoms with Gasteiger partial charge in [0.15, 0.2) is 0 Å². The Morgan fingerprint density at radius 1 is 2.00 bits per heavy atom. The van der Waals surface area contributed by atoms with Crippen molar-refractivity contribution in [1.29, 1.82) is 5.26 Å². The highest BCUT2D eigenvalue weighted by Crippen LogP contribution is 2.04. The van der Waals surface area contributed by atoms with Gasteiger partial charge >= 0.3 is 5.97 Å². The van der Waals surface area contributed by atoms with E-state index in [9.17, 15) is 4.79 Å². The Morgan fingerprint density at radius 2 is 2.75 bits per heavy atom. The second-order valence-electron chi connectivity index (χ2n) is 2.31. The van der Waals surface area contributed by atoms with Gasteiger partial charge in [-0.3, -0.25) is 5.43 Å². The van der Waals surface area contributed by atoms with E-state index in [1.165, 1.54) is 0 Å². The minimum Gasteiger partial charge on any atom is -0.464 e. The number of carbonyl (C=O) groups excluding carboxylic acids is 1. The number of hydrazone groups is 1. The fourth-order valence-corrected chi connectivity index (χ4v) is 0.890. The molecule has 5 heteroatoms. The van der Waals surface area contributed by atoms with Crippen LogP contribution in [0, 0.1) is 11.3 Å². The van der Waals surface area contributed by atoms with Gasteiger partial charge in [-0.05, 0) is 6.92 Å². The van der Waals surface area contributed by atoms with E-state index in [0.717, 1.165) is 0 Å². The molecule has 0 fully saturated rings. The van der Waals surface area contributed by atoms with E-state index < -0.39 is 6.04 Å². The van der Waals surface area contributed by atoms with Crippen LogP contribution in [0.5, 0.6) is 0 Å². The van der Waals surface area contributed by atoms with Crippen LogP contribution in [0.2, 0.25) is 0 Å². The number of nitriles is 1. The molecule has 5 nitrogen and oxygen atoms in total. The van der Waals surface area contributed by atoms with Crippen molar-refractivity contribution in [3.63, 3.8) is 0 Å². The van der Waals surface area contributed by atoms with E-state index in [4.69, 9.17) is 10.00 Å². The van der Waals surface area contributed by atoms with Crippen LogP contribution in [0.1, 0.15) is 13.3 Å². The molecule has 0 aromatic heterocycles. The quantitative estimate of drug-likeness (QED) is 0.577. The fourth-order valence-electron chi connectivity index (χ4n) is 0.890. The molecule has 0 saturated heterocycles. The van der Waals surface area contributed by atoms with Gasteiger partial charge in [-0.25, -0.2) is 4.79 Å². The van der Waals surface area contributed by atoms with Crippen molar-refractivity contribution in [3.05, 3.63) is 0 Å². The number of hydrogen-bond acceptors (Lipinski definition) is 5. The van der Waals surface area contributed by atoms with Crippen LogP contribution < -0.4 is 5.43 Å². The van der Waals surface area contributed by atoms with Gasteiger partial charge in [-0.2, -0.15) is 10.4 Å². The second kappa shape index (κ2) is 3.72. The predicted octanol–water partition coefficient (Wildman–Crippen LogP) is -0.209. The summed E-state index contributed by atoms with van der Waals surface area (Å²) in [6, 6.07) is 1.40. The number of rotatable bonds is 2. The molecule has 0 aromatic carbocycles. The maximum absolute atomic E-state index is 11.0. The third-order valence-corrected chi connectivity index (χ3v) is 1.45. The standard InChI is InChI=1S/C7H9N3O2/c1-2-12-7(11)6-3-5(4-8)9-10-6/h6,10H,2-3H2,1H3. The fraction of sp³-hybridized carbons (Fsp3) is 0.571. The average Bonchev–Trinajstić information content (AvgIpc) is 2.52. The molecule has 0 saturated carbocycles. The van der Waals surface area contributed by atoms with Crippen LogP contribution in [0.25, 0.3) is 0 Å². The van der Waals surface area contributed by atoms with Crippen molar-refractivity contribution >= 4 is 11.7 Å². The van der Waals surface area contributed by atoms with Crippen molar-refractivity contribution in [1.82, 2.24) is 5.43 Å². The van der Waals surface area contributed by atoms with Gasteiger partial charge in [0.25, 0.3) is 0 Å². The topological polar surface area (TPSA) is 74.5 Å². The third kappa shape index (κ3) is 1.72. The molecule has 1 atom stereocenters. The largest absolute Gasteiger partial charge is 0.464 e. The second-order valence-corrected chi connectivity index (χ2v) is 2.31. The molecule has 0 bridgehead atoms. The lowest BCUT2D eigenvalue weighted by atomic mass is 10.2. The molecular weight excluding hydrogens is 158 g/mol. The van der Waals surface area contributed by atoms with Gasteiger partial charge in [-0.1, -0.05) is 0 Å². The molecule has 1 N–H and O–H groups in total. The molecule has 1 rings (SSSR count). The SMILES string of the molecule is CCOC(=O)C1CC(C#N)=NN1. The molecule has 0 amide bonds. The summed E-state index contributed by atoms with van der Waals surface area (Å²) < 4.78 is 4.73. The molecule has 0 radical (unpaired) electrons. The van der Waals surface area contributed by atoms with Gasteiger partial charge < -0.3 is 4.74 Å². The van der Waals surface area contributed by atoms with Gasteiger partial charge in [0, 0.05) is 6.42 Å². The average molecular weight is 167 g/mol. The van der Waals surface area contributed by atoms with E-state index in [1.807, 2.05) is 6.07 Å². The van der Waals surface area contributed by atoms with E-state index in [0.29, 0.717) is 18.7 Å². The molecule has 0 spiro atoms. The normalized spacial score (nSPS) is 20.7. The first-order valence-corrected chi connectivity index (χ1v) is 3.66. The summed E-state index contributed by atoms with van der Waals surface area (Å²) in [6.07, 6.45) is 0.329. The summed E-state index contributed by atoms with van der Waals surface area (Å²) in [5, 5.41) is 12.1. The zero-order chi connectivity index (χ0) is 8.97. The Morgan fingerprint density at radius 3 is 3.25 bits per heavy atom. The van der Waals surface area contributed by atoms with Crippen LogP contribution in [-0.2, 0) is 9.53 Å². The smallest absolute Gasteiger partial charge is 0.330 e. The maximum Gasteiger partial charge on any atom is 0.330 e. The van der Waals surface area contributed by atoms with E-state index in [-0.39, 0.29) is 5.97 Å². The summed E-state index contributed by atoms with van der Waals surface area (Å²) in [5.41, 5.74) is 2.87. The van der Waals surface area contributed by atoms with Crippen molar-refractivity contribution in [2.24, 2.45) is 5.10 Å². The van der Waals surface area contributed by atoms with Crippen LogP contribution in [0.4, 0.5) is 0 Å². The minimum absolute atomic E-state index is 0.329. The van der Waals surface area contributed by atoms with Gasteiger partial charge in [0.05, 0.1) is 6.61 Å². The molecular formula is C7H9N3O2. The van der Waals surface area contributed by atoms with Gasteiger partial charge in [0.2, 0.25) is 0 Å². The zero-order valence-corrected chi connectivity index (χ0v) is 6.70. The van der Waals surface area contributed by atoms with E-state index in [2.05, 4.69) is 10.5 Å². The molecule has 12 heavy (non-hydrogen) atoms. The molecule has 0 aliphatic carbocycles. The lowest BCUT2D eigenvalue weighted by Gasteiger charge is -2.06. The Balaban J connectivity index is 2.41. The molecule has 1 unspecified atom stereocenters. The van der Waals surface area contributed by atoms with Crippen molar-refractivity contribution in [2.45, 2.75) is 19.4 Å². The van der Waals surface area contributed by atoms with E-state index in [1.54, 1.807) is 6.92 Å². The Kier molecular flexibility index (Phi) is 2.64. The number of esters is 1. The van der Waals surface area contributed by atoms with Crippen LogP contribution in [0.3, 0.4) is 0 Å². The Labute approximate surface area is 70.0 Å². The first-order chi connectivity index (χ1) is 5.77. The van der Waals surface area contributed by atoms with Crippen molar-refractivity contribution < 1.29 is 9.53 Å². The molecule has 1 aliphatic heterocycles. The highest BCUT2D eigenvalue weighted by atomic mass is 16.5. The molecule has 0 aromatic rings. The van der Waals surface area contributed by atoms with Crippen LogP contribution in [-0.4, -0.2) is 24.3 Å². The molecule has 64 valence electrons. The first kappa shape index (κ1) is 8.53. The van der Waals surface area contributed by atoms with Gasteiger partial charge in [0.1, 0.15) is 17.8 Å². The van der Waals surface area contributed by atoms with Crippen LogP contribution in [0.15, 0.2) is 5.10 Å². The molecule has 1 aliphatic rings. The maximum atomic E-state index is 11.0. The van der Waals surface area contributed by atoms with Crippen molar-refractivity contribution in [3.8, 4) is 6.07 Å². The lowest BCUT2D eigenvalue weighted by molar-refractivity contribution is -0.145. The van der Waals surface area contributed by atoms with Crippen LogP contribution >= 0.6 is 0 Å². The number of nitrogens with one attached hydrogen (secondary N) is 1. The summed E-state index contributed by atoms with van der Waals surface area (Å²) in [4.78, 5) is 11.0. The summed E-state index contributed by atoms with van der Waals surface area (Å²) in [6.45, 7) is 2.08. The first-order valence-electron chi connectivity index (χ1n) is 3.66. The number of carbonyl (C=O) groups is 1. The van der Waals surface area contributed by atoms with Crippen molar-refractivity contribution in [2.75, 3.05) is 6.61 Å². The summed E-state index contributed by atoms with van der Waals surface area (Å²) >= 11 is 0.